The summed E-state index contributed by atoms with van der Waals surface area (Å²) in [5.41, 5.74) is 3.87. The molecule has 25 heavy (non-hydrogen) atoms. The molecular weight excluding hydrogens is 320 g/mol. The van der Waals surface area contributed by atoms with Gasteiger partial charge in [-0.15, -0.1) is 0 Å². The van der Waals surface area contributed by atoms with Crippen molar-refractivity contribution in [2.75, 3.05) is 19.8 Å². The molecule has 3 aromatic heterocycles. The number of carbonyl (C=O) groups is 1. The zero-order valence-corrected chi connectivity index (χ0v) is 14.5. The molecule has 1 amide bonds. The number of aryl methyl sites for hydroxylation is 3. The van der Waals surface area contributed by atoms with E-state index in [0.717, 1.165) is 22.9 Å². The zero-order chi connectivity index (χ0) is 17.6. The summed E-state index contributed by atoms with van der Waals surface area (Å²) in [4.78, 5) is 26.9. The van der Waals surface area contributed by atoms with Crippen LogP contribution in [0.25, 0.3) is 5.65 Å². The molecule has 4 rings (SSSR count). The molecule has 8 heteroatoms. The maximum atomic E-state index is 13.1. The third-order valence-corrected chi connectivity index (χ3v) is 4.38. The molecule has 0 spiro atoms. The molecule has 1 N–H and O–H groups in total. The zero-order valence-electron chi connectivity index (χ0n) is 14.5. The van der Waals surface area contributed by atoms with E-state index in [1.54, 1.807) is 21.7 Å². The number of H-pyrrole nitrogens is 1. The van der Waals surface area contributed by atoms with Gasteiger partial charge in [-0.3, -0.25) is 4.79 Å². The molecule has 0 radical (unpaired) electrons. The summed E-state index contributed by atoms with van der Waals surface area (Å²) < 4.78 is 7.27. The van der Waals surface area contributed by atoms with Crippen molar-refractivity contribution in [2.24, 2.45) is 0 Å². The number of fused-ring (bicyclic) bond motifs is 1. The second-order valence-corrected chi connectivity index (χ2v) is 6.38. The number of aromatic amines is 1. The van der Waals surface area contributed by atoms with E-state index < -0.39 is 0 Å². The average molecular weight is 340 g/mol. The Morgan fingerprint density at radius 2 is 2.16 bits per heavy atom. The fourth-order valence-corrected chi connectivity index (χ4v) is 3.21. The molecule has 0 bridgehead atoms. The van der Waals surface area contributed by atoms with Crippen LogP contribution in [0.4, 0.5) is 0 Å². The van der Waals surface area contributed by atoms with Crippen molar-refractivity contribution < 1.29 is 9.53 Å². The van der Waals surface area contributed by atoms with Gasteiger partial charge < -0.3 is 14.6 Å². The van der Waals surface area contributed by atoms with Gasteiger partial charge in [0, 0.05) is 35.9 Å². The lowest BCUT2D eigenvalue weighted by Gasteiger charge is -2.33. The van der Waals surface area contributed by atoms with Crippen molar-refractivity contribution in [1.29, 1.82) is 0 Å². The average Bonchev–Trinajstić information content (AvgIpc) is 3.20. The van der Waals surface area contributed by atoms with Gasteiger partial charge in [0.2, 0.25) is 0 Å². The van der Waals surface area contributed by atoms with Crippen molar-refractivity contribution in [2.45, 2.75) is 26.8 Å². The summed E-state index contributed by atoms with van der Waals surface area (Å²) in [5.74, 6) is 0.601. The first-order valence-corrected chi connectivity index (χ1v) is 8.27. The lowest BCUT2D eigenvalue weighted by Crippen LogP contribution is -2.44. The van der Waals surface area contributed by atoms with Crippen LogP contribution in [-0.2, 0) is 4.74 Å². The molecule has 3 aromatic rings. The van der Waals surface area contributed by atoms with E-state index in [-0.39, 0.29) is 11.9 Å². The monoisotopic (exact) mass is 340 g/mol. The maximum absolute atomic E-state index is 13.1. The fraction of sp³-hybridized carbons (Fsp3) is 0.412. The van der Waals surface area contributed by atoms with Gasteiger partial charge in [0.15, 0.2) is 11.3 Å². The van der Waals surface area contributed by atoms with Crippen LogP contribution in [0, 0.1) is 20.8 Å². The number of aromatic nitrogens is 5. The number of nitrogens with one attached hydrogen (secondary N) is 1. The normalized spacial score (nSPS) is 18.0. The Bertz CT molecular complexity index is 944. The number of rotatable bonds is 2. The third-order valence-electron chi connectivity index (χ3n) is 4.38. The highest BCUT2D eigenvalue weighted by Crippen LogP contribution is 2.24. The highest BCUT2D eigenvalue weighted by Gasteiger charge is 2.32. The van der Waals surface area contributed by atoms with Crippen LogP contribution in [-0.4, -0.2) is 55.1 Å². The minimum atomic E-state index is -0.240. The van der Waals surface area contributed by atoms with E-state index in [2.05, 4.69) is 20.1 Å². The number of nitrogens with zero attached hydrogens (tertiary/aromatic N) is 5. The molecule has 1 fully saturated rings. The molecule has 8 nitrogen and oxygen atoms in total. The first kappa shape index (κ1) is 15.8. The van der Waals surface area contributed by atoms with Crippen LogP contribution in [0.5, 0.6) is 0 Å². The predicted octanol–water partition coefficient (Wildman–Crippen LogP) is 1.59. The first-order valence-electron chi connectivity index (χ1n) is 8.27. The lowest BCUT2D eigenvalue weighted by atomic mass is 10.2. The number of hydrogen-bond acceptors (Lipinski definition) is 5. The maximum Gasteiger partial charge on any atom is 0.275 e. The van der Waals surface area contributed by atoms with Crippen LogP contribution in [0.1, 0.15) is 39.4 Å². The summed E-state index contributed by atoms with van der Waals surface area (Å²) in [6.07, 6.45) is 1.76. The summed E-state index contributed by atoms with van der Waals surface area (Å²) >= 11 is 0. The van der Waals surface area contributed by atoms with Crippen molar-refractivity contribution in [3.8, 4) is 0 Å². The van der Waals surface area contributed by atoms with E-state index in [9.17, 15) is 4.79 Å². The molecule has 1 atom stereocenters. The van der Waals surface area contributed by atoms with Crippen LogP contribution >= 0.6 is 0 Å². The Morgan fingerprint density at radius 1 is 1.32 bits per heavy atom. The van der Waals surface area contributed by atoms with E-state index in [4.69, 9.17) is 4.74 Å². The minimum Gasteiger partial charge on any atom is -0.377 e. The standard InChI is InChI=1S/C17H20N6O2/c1-10-6-12(3)23-15(19-10)7-13(21-23)17(24)22-4-5-25-9-14(22)16-18-8-11(2)20-16/h6-8,14H,4-5,9H2,1-3H3,(H,18,20). The number of imidazole rings is 1. The second kappa shape index (κ2) is 5.96. The van der Waals surface area contributed by atoms with Gasteiger partial charge in [0.25, 0.3) is 5.91 Å². The summed E-state index contributed by atoms with van der Waals surface area (Å²) in [6, 6.07) is 3.44. The van der Waals surface area contributed by atoms with Gasteiger partial charge in [-0.25, -0.2) is 14.5 Å². The highest BCUT2D eigenvalue weighted by atomic mass is 16.5. The summed E-state index contributed by atoms with van der Waals surface area (Å²) in [7, 11) is 0. The van der Waals surface area contributed by atoms with Crippen LogP contribution in [0.2, 0.25) is 0 Å². The molecule has 4 heterocycles. The smallest absolute Gasteiger partial charge is 0.275 e. The number of hydrogen-bond donors (Lipinski definition) is 1. The van der Waals surface area contributed by atoms with Crippen molar-refractivity contribution >= 4 is 11.6 Å². The van der Waals surface area contributed by atoms with Gasteiger partial charge in [-0.05, 0) is 26.8 Å². The van der Waals surface area contributed by atoms with E-state index in [1.165, 1.54) is 0 Å². The van der Waals surface area contributed by atoms with Gasteiger partial charge in [-0.2, -0.15) is 5.10 Å². The number of ether oxygens (including phenoxy) is 1. The van der Waals surface area contributed by atoms with Crippen LogP contribution in [0.15, 0.2) is 18.3 Å². The third kappa shape index (κ3) is 2.78. The molecule has 1 aliphatic heterocycles. The van der Waals surface area contributed by atoms with Crippen LogP contribution in [0.3, 0.4) is 0 Å². The van der Waals surface area contributed by atoms with E-state index in [0.29, 0.717) is 31.1 Å². The molecule has 0 aromatic carbocycles. The lowest BCUT2D eigenvalue weighted by molar-refractivity contribution is -0.00533. The van der Waals surface area contributed by atoms with Gasteiger partial charge in [0.1, 0.15) is 11.9 Å². The molecule has 130 valence electrons. The Hall–Kier alpha value is -2.74. The van der Waals surface area contributed by atoms with Crippen LogP contribution < -0.4 is 0 Å². The quantitative estimate of drug-likeness (QED) is 0.765. The first-order chi connectivity index (χ1) is 12.0. The largest absolute Gasteiger partial charge is 0.377 e. The highest BCUT2D eigenvalue weighted by molar-refractivity contribution is 5.93. The van der Waals surface area contributed by atoms with Crippen molar-refractivity contribution in [1.82, 2.24) is 29.5 Å². The van der Waals surface area contributed by atoms with Gasteiger partial charge >= 0.3 is 0 Å². The van der Waals surface area contributed by atoms with E-state index >= 15 is 0 Å². The Balaban J connectivity index is 1.70. The molecule has 1 saturated heterocycles. The molecular formula is C17H20N6O2. The molecule has 1 unspecified atom stereocenters. The number of amides is 1. The topological polar surface area (TPSA) is 88.4 Å². The fourth-order valence-electron chi connectivity index (χ4n) is 3.21. The van der Waals surface area contributed by atoms with E-state index in [1.807, 2.05) is 26.8 Å². The Kier molecular flexibility index (Phi) is 3.76. The SMILES string of the molecule is Cc1cc(C)n2nc(C(=O)N3CCOCC3c3ncc(C)[nH]3)cc2n1. The molecule has 0 aliphatic carbocycles. The van der Waals surface area contributed by atoms with Crippen molar-refractivity contribution in [3.63, 3.8) is 0 Å². The van der Waals surface area contributed by atoms with Gasteiger partial charge in [-0.1, -0.05) is 0 Å². The number of carbonyl (C=O) groups excluding carboxylic acids is 1. The molecule has 0 saturated carbocycles. The number of morpholine rings is 1. The van der Waals surface area contributed by atoms with Crippen molar-refractivity contribution in [3.05, 3.63) is 46.9 Å². The predicted molar refractivity (Wildman–Crippen MR) is 90.4 cm³/mol. The molecule has 1 aliphatic rings. The van der Waals surface area contributed by atoms with Gasteiger partial charge in [0.05, 0.1) is 13.2 Å². The summed E-state index contributed by atoms with van der Waals surface area (Å²) in [5, 5.41) is 4.45. The Morgan fingerprint density at radius 3 is 2.92 bits per heavy atom. The summed E-state index contributed by atoms with van der Waals surface area (Å²) in [6.45, 7) is 7.24. The second-order valence-electron chi connectivity index (χ2n) is 6.38. The minimum absolute atomic E-state index is 0.134. The Labute approximate surface area is 144 Å².